The van der Waals surface area contributed by atoms with Gasteiger partial charge in [-0.15, -0.1) is 0 Å². The van der Waals surface area contributed by atoms with Gasteiger partial charge in [-0.25, -0.2) is 0 Å². The third-order valence-corrected chi connectivity index (χ3v) is 9.51. The van der Waals surface area contributed by atoms with Crippen molar-refractivity contribution in [3.05, 3.63) is 23.3 Å². The Morgan fingerprint density at radius 2 is 1.75 bits per heavy atom. The van der Waals surface area contributed by atoms with Crippen LogP contribution in [0.1, 0.15) is 126 Å². The van der Waals surface area contributed by atoms with Crippen LogP contribution < -0.4 is 0 Å². The molecule has 4 rings (SSSR count). The van der Waals surface area contributed by atoms with Gasteiger partial charge in [0.1, 0.15) is 12.2 Å². The van der Waals surface area contributed by atoms with E-state index < -0.39 is 19.3 Å². The minimum absolute atomic E-state index is 0.0900. The lowest BCUT2D eigenvalue weighted by Crippen LogP contribution is -2.37. The Kier molecular flexibility index (Phi) is 6.01. The van der Waals surface area contributed by atoms with Gasteiger partial charge in [0.05, 0.1) is 5.60 Å². The lowest BCUT2D eigenvalue weighted by atomic mass is 9.59. The fourth-order valence-corrected chi connectivity index (χ4v) is 8.01. The molecule has 3 unspecified atom stereocenters. The average Bonchev–Trinajstić information content (AvgIpc) is 3.52. The van der Waals surface area contributed by atoms with Crippen LogP contribution in [-0.4, -0.2) is 34.9 Å². The number of aliphatic hydroxyl groups is 1. The minimum atomic E-state index is -2.97. The molecular formula is C31H48O5. The Morgan fingerprint density at radius 1 is 1.08 bits per heavy atom. The molecule has 4 saturated carbocycles. The highest BCUT2D eigenvalue weighted by molar-refractivity contribution is 5.67. The Labute approximate surface area is 226 Å². The van der Waals surface area contributed by atoms with Crippen molar-refractivity contribution < 1.29 is 32.4 Å². The summed E-state index contributed by atoms with van der Waals surface area (Å²) in [6.07, 6.45) is 14.0. The summed E-state index contributed by atoms with van der Waals surface area (Å²) in [7, 11) is 0. The number of ether oxygens (including phenoxy) is 2. The Balaban J connectivity index is 1.46. The van der Waals surface area contributed by atoms with Gasteiger partial charge >= 0.3 is 11.9 Å². The second-order valence-electron chi connectivity index (χ2n) is 12.3. The zero-order valence-electron chi connectivity index (χ0n) is 28.2. The number of carbonyl (C=O) groups is 2. The maximum absolute atomic E-state index is 11.6. The van der Waals surface area contributed by atoms with E-state index in [0.717, 1.165) is 56.9 Å². The first-order valence-electron chi connectivity index (χ1n) is 16.9. The number of fused-ring (bicyclic) bond motifs is 1. The lowest BCUT2D eigenvalue weighted by molar-refractivity contribution is -0.154. The number of hydrogen-bond acceptors (Lipinski definition) is 5. The molecule has 5 heteroatoms. The molecule has 4 aliphatic rings. The van der Waals surface area contributed by atoms with E-state index >= 15 is 0 Å². The molecular weight excluding hydrogens is 452 g/mol. The molecule has 0 aromatic carbocycles. The van der Waals surface area contributed by atoms with Crippen molar-refractivity contribution >= 4 is 11.9 Å². The average molecular weight is 507 g/mol. The Hall–Kier alpha value is -1.62. The monoisotopic (exact) mass is 506 g/mol. The molecule has 202 valence electrons. The van der Waals surface area contributed by atoms with Crippen molar-refractivity contribution in [1.29, 1.82) is 0 Å². The van der Waals surface area contributed by atoms with Crippen LogP contribution in [0.3, 0.4) is 0 Å². The van der Waals surface area contributed by atoms with Crippen molar-refractivity contribution in [2.45, 2.75) is 136 Å². The number of carbonyl (C=O) groups excluding carboxylic acids is 2. The molecule has 5 atom stereocenters. The summed E-state index contributed by atoms with van der Waals surface area (Å²) < 4.78 is 57.2. The van der Waals surface area contributed by atoms with E-state index in [1.165, 1.54) is 19.4 Å². The first kappa shape index (κ1) is 20.4. The molecule has 0 heterocycles. The van der Waals surface area contributed by atoms with Gasteiger partial charge in [0.25, 0.3) is 0 Å². The van der Waals surface area contributed by atoms with E-state index in [1.807, 2.05) is 0 Å². The van der Waals surface area contributed by atoms with Crippen LogP contribution in [0.5, 0.6) is 0 Å². The van der Waals surface area contributed by atoms with Crippen LogP contribution in [0, 0.1) is 22.7 Å². The van der Waals surface area contributed by atoms with Gasteiger partial charge in [-0.1, -0.05) is 36.6 Å². The Morgan fingerprint density at radius 3 is 2.33 bits per heavy atom. The standard InChI is InChI=1S/C31H48O5/c1-21(32)35-25-18-23(19-26(20-25)36-22(2)33)9-10-24-8-6-14-30(5)27(24)11-12-28(30)31(16-17-31)15-7-13-29(3,4)34/h9-10,25-28,34H,6-8,11-20H2,1-5H3/b23-9?,24-10+/t25-,26?,27?,28?,30+/m1/s1/i3D3,4D3. The quantitative estimate of drug-likeness (QED) is 0.366. The van der Waals surface area contributed by atoms with Crippen LogP contribution in [0.2, 0.25) is 0 Å². The first-order chi connectivity index (χ1) is 19.4. The summed E-state index contributed by atoms with van der Waals surface area (Å²) >= 11 is 0. The Bertz CT molecular complexity index is 1050. The molecule has 0 aromatic rings. The van der Waals surface area contributed by atoms with E-state index in [4.69, 9.17) is 17.7 Å². The first-order valence-corrected chi connectivity index (χ1v) is 13.9. The maximum atomic E-state index is 11.6. The van der Waals surface area contributed by atoms with Gasteiger partial charge in [0.2, 0.25) is 0 Å². The summed E-state index contributed by atoms with van der Waals surface area (Å²) in [5.41, 5.74) is 0.0766. The van der Waals surface area contributed by atoms with Gasteiger partial charge in [-0.3, -0.25) is 9.59 Å². The molecule has 0 aliphatic heterocycles. The van der Waals surface area contributed by atoms with Crippen LogP contribution in [0.15, 0.2) is 23.3 Å². The van der Waals surface area contributed by atoms with Crippen molar-refractivity contribution in [3.8, 4) is 0 Å². The molecule has 0 saturated heterocycles. The highest BCUT2D eigenvalue weighted by Gasteiger charge is 2.60. The van der Waals surface area contributed by atoms with Crippen molar-refractivity contribution in [2.75, 3.05) is 0 Å². The zero-order valence-corrected chi connectivity index (χ0v) is 22.2. The number of allylic oxidation sites excluding steroid dienone is 3. The van der Waals surface area contributed by atoms with Crippen LogP contribution in [-0.2, 0) is 19.1 Å². The number of hydrogen-bond donors (Lipinski definition) is 1. The van der Waals surface area contributed by atoms with E-state index in [0.29, 0.717) is 37.5 Å². The summed E-state index contributed by atoms with van der Waals surface area (Å²) in [4.78, 5) is 23.2. The van der Waals surface area contributed by atoms with Crippen molar-refractivity contribution in [1.82, 2.24) is 0 Å². The number of esters is 2. The second kappa shape index (κ2) is 10.6. The van der Waals surface area contributed by atoms with Crippen LogP contribution in [0.25, 0.3) is 0 Å². The smallest absolute Gasteiger partial charge is 0.302 e. The molecule has 0 bridgehead atoms. The molecule has 4 fully saturated rings. The van der Waals surface area contributed by atoms with Gasteiger partial charge < -0.3 is 14.6 Å². The third kappa shape index (κ3) is 6.44. The van der Waals surface area contributed by atoms with Gasteiger partial charge in [-0.2, -0.15) is 0 Å². The fraction of sp³-hybridized carbons (Fsp3) is 0.806. The predicted molar refractivity (Wildman–Crippen MR) is 141 cm³/mol. The molecule has 4 aliphatic carbocycles. The molecule has 0 spiro atoms. The summed E-state index contributed by atoms with van der Waals surface area (Å²) in [6.45, 7) is -0.732. The van der Waals surface area contributed by atoms with E-state index in [-0.39, 0.29) is 41.4 Å². The minimum Gasteiger partial charge on any atom is -0.462 e. The summed E-state index contributed by atoms with van der Waals surface area (Å²) in [6, 6.07) is 0. The fourth-order valence-electron chi connectivity index (χ4n) is 8.01. The molecule has 5 nitrogen and oxygen atoms in total. The summed E-state index contributed by atoms with van der Waals surface area (Å²) in [5, 5.41) is 10.7. The highest BCUT2D eigenvalue weighted by Crippen LogP contribution is 2.70. The van der Waals surface area contributed by atoms with Gasteiger partial charge in [-0.05, 0) is 94.2 Å². The molecule has 36 heavy (non-hydrogen) atoms. The van der Waals surface area contributed by atoms with E-state index in [1.54, 1.807) is 0 Å². The van der Waals surface area contributed by atoms with Gasteiger partial charge in [0.15, 0.2) is 0 Å². The molecule has 0 amide bonds. The van der Waals surface area contributed by atoms with Crippen LogP contribution >= 0.6 is 0 Å². The summed E-state index contributed by atoms with van der Waals surface area (Å²) in [5.74, 6) is 0.258. The molecule has 0 aromatic heterocycles. The maximum Gasteiger partial charge on any atom is 0.302 e. The lowest BCUT2D eigenvalue weighted by Gasteiger charge is -2.45. The topological polar surface area (TPSA) is 72.8 Å². The zero-order chi connectivity index (χ0) is 31.1. The third-order valence-electron chi connectivity index (χ3n) is 9.51. The highest BCUT2D eigenvalue weighted by atomic mass is 16.6. The molecule has 0 radical (unpaired) electrons. The van der Waals surface area contributed by atoms with Crippen molar-refractivity contribution in [2.24, 2.45) is 22.7 Å². The molecule has 1 N–H and O–H groups in total. The van der Waals surface area contributed by atoms with E-state index in [9.17, 15) is 14.7 Å². The van der Waals surface area contributed by atoms with Crippen LogP contribution in [0.4, 0.5) is 0 Å². The van der Waals surface area contributed by atoms with E-state index in [2.05, 4.69) is 19.1 Å². The normalized spacial score (nSPS) is 39.1. The van der Waals surface area contributed by atoms with Gasteiger partial charge in [0, 0.05) is 41.3 Å². The predicted octanol–water partition coefficient (Wildman–Crippen LogP) is 6.82. The second-order valence-corrected chi connectivity index (χ2v) is 12.3. The number of rotatable bonds is 8. The van der Waals surface area contributed by atoms with Crippen molar-refractivity contribution in [3.63, 3.8) is 0 Å². The largest absolute Gasteiger partial charge is 0.462 e. The SMILES string of the molecule is [2H]C([2H])([2H])C(O)(CCCC1(C2CCC3/C(=C/C=C4CC(OC(C)=O)C[C@H](OC(C)=O)C4)CCC[C@@]32C)CC1)C([2H])([2H])[2H].